The second-order valence-corrected chi connectivity index (χ2v) is 6.53. The summed E-state index contributed by atoms with van der Waals surface area (Å²) in [6.45, 7) is 0. The molecule has 3 aromatic rings. The Kier molecular flexibility index (Phi) is 3.67. The highest BCUT2D eigenvalue weighted by Crippen LogP contribution is 2.31. The van der Waals surface area contributed by atoms with Crippen LogP contribution in [0.15, 0.2) is 60.0 Å². The van der Waals surface area contributed by atoms with Crippen LogP contribution in [-0.4, -0.2) is 10.9 Å². The van der Waals surface area contributed by atoms with Crippen LogP contribution in [0.1, 0.15) is 34.1 Å². The number of nitrogens with zero attached hydrogens (tertiary/aromatic N) is 1. The number of aryl methyl sites for hydroxylation is 1. The van der Waals surface area contributed by atoms with Gasteiger partial charge >= 0.3 is 0 Å². The molecule has 0 aliphatic heterocycles. The highest BCUT2D eigenvalue weighted by molar-refractivity contribution is 7.13. The van der Waals surface area contributed by atoms with Crippen LogP contribution >= 0.6 is 11.3 Å². The molecular formula is C19H16N2OS. The van der Waals surface area contributed by atoms with Gasteiger partial charge in [0.15, 0.2) is 0 Å². The van der Waals surface area contributed by atoms with E-state index in [1.54, 1.807) is 0 Å². The molecule has 0 spiro atoms. The third kappa shape index (κ3) is 2.78. The lowest BCUT2D eigenvalue weighted by atomic mass is 10.1. The molecule has 4 heteroatoms. The zero-order chi connectivity index (χ0) is 15.6. The summed E-state index contributed by atoms with van der Waals surface area (Å²) in [6.07, 6.45) is 1.98. The fourth-order valence-corrected chi connectivity index (χ4v) is 3.84. The number of aromatic nitrogens is 1. The van der Waals surface area contributed by atoms with Crippen LogP contribution in [-0.2, 0) is 6.42 Å². The second kappa shape index (κ2) is 5.97. The molecule has 0 saturated carbocycles. The number of benzene rings is 2. The quantitative estimate of drug-likeness (QED) is 0.785. The minimum Gasteiger partial charge on any atom is -0.344 e. The number of carbonyl (C=O) groups is 1. The van der Waals surface area contributed by atoms with Gasteiger partial charge in [-0.3, -0.25) is 4.79 Å². The van der Waals surface area contributed by atoms with Crippen LogP contribution in [0.5, 0.6) is 0 Å². The Bertz CT molecular complexity index is 841. The van der Waals surface area contributed by atoms with Gasteiger partial charge in [0.25, 0.3) is 5.91 Å². The first kappa shape index (κ1) is 14.2. The molecule has 3 nitrogen and oxygen atoms in total. The van der Waals surface area contributed by atoms with Gasteiger partial charge in [0.1, 0.15) is 10.7 Å². The zero-order valence-electron chi connectivity index (χ0n) is 12.5. The summed E-state index contributed by atoms with van der Waals surface area (Å²) >= 11 is 1.50. The lowest BCUT2D eigenvalue weighted by Gasteiger charge is -2.12. The molecule has 114 valence electrons. The maximum atomic E-state index is 12.5. The van der Waals surface area contributed by atoms with Gasteiger partial charge in [0.2, 0.25) is 0 Å². The Hall–Kier alpha value is -2.46. The Balaban J connectivity index is 1.52. The normalized spacial score (nSPS) is 16.1. The minimum atomic E-state index is -0.0925. The van der Waals surface area contributed by atoms with Crippen molar-refractivity contribution >= 4 is 17.2 Å². The Morgan fingerprint density at radius 1 is 1.09 bits per heavy atom. The van der Waals surface area contributed by atoms with Gasteiger partial charge in [-0.05, 0) is 24.0 Å². The van der Waals surface area contributed by atoms with Gasteiger partial charge in [-0.1, -0.05) is 54.6 Å². The first-order valence-electron chi connectivity index (χ1n) is 7.71. The van der Waals surface area contributed by atoms with E-state index in [1.807, 2.05) is 41.8 Å². The maximum Gasteiger partial charge on any atom is 0.271 e. The lowest BCUT2D eigenvalue weighted by Crippen LogP contribution is -2.27. The summed E-state index contributed by atoms with van der Waals surface area (Å²) in [5, 5.41) is 5.83. The first-order chi connectivity index (χ1) is 11.3. The summed E-state index contributed by atoms with van der Waals surface area (Å²) in [5.74, 6) is -0.0925. The van der Waals surface area contributed by atoms with Gasteiger partial charge in [0.05, 0.1) is 6.04 Å². The van der Waals surface area contributed by atoms with Crippen LogP contribution in [0.3, 0.4) is 0 Å². The van der Waals surface area contributed by atoms with E-state index in [2.05, 4.69) is 28.5 Å². The van der Waals surface area contributed by atoms with Crippen molar-refractivity contribution in [3.8, 4) is 10.6 Å². The largest absolute Gasteiger partial charge is 0.344 e. The third-order valence-corrected chi connectivity index (χ3v) is 5.09. The number of hydrogen-bond acceptors (Lipinski definition) is 3. The Morgan fingerprint density at radius 2 is 1.87 bits per heavy atom. The van der Waals surface area contributed by atoms with Crippen molar-refractivity contribution in [1.82, 2.24) is 10.3 Å². The molecule has 4 rings (SSSR count). The van der Waals surface area contributed by atoms with Crippen molar-refractivity contribution < 1.29 is 4.79 Å². The SMILES string of the molecule is O=C(N[C@@H]1CCc2ccccc21)c1csc(-c2ccccc2)n1. The monoisotopic (exact) mass is 320 g/mol. The predicted octanol–water partition coefficient (Wildman–Crippen LogP) is 4.23. The Morgan fingerprint density at radius 3 is 2.74 bits per heavy atom. The van der Waals surface area contributed by atoms with E-state index in [0.29, 0.717) is 5.69 Å². The molecule has 1 amide bonds. The predicted molar refractivity (Wildman–Crippen MR) is 92.5 cm³/mol. The number of rotatable bonds is 3. The van der Waals surface area contributed by atoms with Crippen LogP contribution in [0.2, 0.25) is 0 Å². The van der Waals surface area contributed by atoms with E-state index in [4.69, 9.17) is 0 Å². The Labute approximate surface area is 139 Å². The standard InChI is InChI=1S/C19H16N2OS/c22-18(20-16-11-10-13-6-4-5-9-15(13)16)17-12-23-19(21-17)14-7-2-1-3-8-14/h1-9,12,16H,10-11H2,(H,20,22)/t16-/m1/s1. The summed E-state index contributed by atoms with van der Waals surface area (Å²) < 4.78 is 0. The molecule has 1 N–H and O–H groups in total. The summed E-state index contributed by atoms with van der Waals surface area (Å²) in [5.41, 5.74) is 4.11. The van der Waals surface area contributed by atoms with E-state index in [-0.39, 0.29) is 11.9 Å². The molecule has 1 aromatic heterocycles. The van der Waals surface area contributed by atoms with E-state index < -0.39 is 0 Å². The molecule has 23 heavy (non-hydrogen) atoms. The average Bonchev–Trinajstić information content (AvgIpc) is 3.24. The molecule has 0 fully saturated rings. The number of thiazole rings is 1. The topological polar surface area (TPSA) is 42.0 Å². The fraction of sp³-hybridized carbons (Fsp3) is 0.158. The first-order valence-corrected chi connectivity index (χ1v) is 8.59. The molecule has 0 unspecified atom stereocenters. The van der Waals surface area contributed by atoms with Gasteiger partial charge in [0, 0.05) is 10.9 Å². The molecule has 1 heterocycles. The molecule has 2 aromatic carbocycles. The van der Waals surface area contributed by atoms with Crippen molar-refractivity contribution in [3.63, 3.8) is 0 Å². The van der Waals surface area contributed by atoms with Crippen LogP contribution in [0.4, 0.5) is 0 Å². The van der Waals surface area contributed by atoms with Gasteiger partial charge < -0.3 is 5.32 Å². The van der Waals surface area contributed by atoms with Gasteiger partial charge in [-0.2, -0.15) is 0 Å². The molecular weight excluding hydrogens is 304 g/mol. The molecule has 0 saturated heterocycles. The number of nitrogens with one attached hydrogen (secondary N) is 1. The minimum absolute atomic E-state index is 0.0925. The average molecular weight is 320 g/mol. The maximum absolute atomic E-state index is 12.5. The number of hydrogen-bond donors (Lipinski definition) is 1. The van der Waals surface area contributed by atoms with Crippen molar-refractivity contribution in [2.24, 2.45) is 0 Å². The number of fused-ring (bicyclic) bond motifs is 1. The molecule has 0 bridgehead atoms. The van der Waals surface area contributed by atoms with Gasteiger partial charge in [-0.15, -0.1) is 11.3 Å². The van der Waals surface area contributed by atoms with Crippen molar-refractivity contribution in [3.05, 3.63) is 76.8 Å². The molecule has 1 atom stereocenters. The highest BCUT2D eigenvalue weighted by atomic mass is 32.1. The van der Waals surface area contributed by atoms with E-state index in [0.717, 1.165) is 23.4 Å². The molecule has 0 radical (unpaired) electrons. The van der Waals surface area contributed by atoms with Crippen molar-refractivity contribution in [1.29, 1.82) is 0 Å². The second-order valence-electron chi connectivity index (χ2n) is 5.67. The van der Waals surface area contributed by atoms with E-state index >= 15 is 0 Å². The molecule has 1 aliphatic carbocycles. The van der Waals surface area contributed by atoms with Crippen LogP contribution in [0, 0.1) is 0 Å². The number of carbonyl (C=O) groups excluding carboxylic acids is 1. The van der Waals surface area contributed by atoms with E-state index in [9.17, 15) is 4.79 Å². The highest BCUT2D eigenvalue weighted by Gasteiger charge is 2.24. The van der Waals surface area contributed by atoms with Crippen LogP contribution < -0.4 is 5.32 Å². The van der Waals surface area contributed by atoms with E-state index in [1.165, 1.54) is 22.5 Å². The van der Waals surface area contributed by atoms with Crippen molar-refractivity contribution in [2.75, 3.05) is 0 Å². The smallest absolute Gasteiger partial charge is 0.271 e. The van der Waals surface area contributed by atoms with Gasteiger partial charge in [-0.25, -0.2) is 4.98 Å². The zero-order valence-corrected chi connectivity index (χ0v) is 13.3. The lowest BCUT2D eigenvalue weighted by molar-refractivity contribution is 0.0932. The number of amides is 1. The summed E-state index contributed by atoms with van der Waals surface area (Å²) in [6, 6.07) is 18.4. The fourth-order valence-electron chi connectivity index (χ4n) is 3.03. The summed E-state index contributed by atoms with van der Waals surface area (Å²) in [7, 11) is 0. The van der Waals surface area contributed by atoms with Crippen molar-refractivity contribution in [2.45, 2.75) is 18.9 Å². The molecule has 1 aliphatic rings. The van der Waals surface area contributed by atoms with Crippen LogP contribution in [0.25, 0.3) is 10.6 Å². The summed E-state index contributed by atoms with van der Waals surface area (Å²) in [4.78, 5) is 17.0. The third-order valence-electron chi connectivity index (χ3n) is 4.20.